The van der Waals surface area contributed by atoms with Crippen molar-refractivity contribution >= 4 is 0 Å². The van der Waals surface area contributed by atoms with Crippen LogP contribution < -0.4 is 0 Å². The smallest absolute Gasteiger partial charge is 0.0273 e. The third-order valence-corrected chi connectivity index (χ3v) is 6.42. The van der Waals surface area contributed by atoms with Crippen LogP contribution in [0.3, 0.4) is 0 Å². The predicted molar refractivity (Wildman–Crippen MR) is 96.5 cm³/mol. The molecule has 0 nitrogen and oxygen atoms in total. The molecule has 0 aliphatic heterocycles. The average Bonchev–Trinajstić information content (AvgIpc) is 3.34. The van der Waals surface area contributed by atoms with Crippen LogP contribution in [0.5, 0.6) is 0 Å². The minimum absolute atomic E-state index is 0.709. The van der Waals surface area contributed by atoms with Gasteiger partial charge < -0.3 is 0 Å². The van der Waals surface area contributed by atoms with Crippen molar-refractivity contribution in [3.8, 4) is 0 Å². The normalized spacial score (nSPS) is 20.9. The van der Waals surface area contributed by atoms with E-state index in [4.69, 9.17) is 0 Å². The zero-order valence-electron chi connectivity index (χ0n) is 15.2. The first kappa shape index (κ1) is 16.1. The highest BCUT2D eigenvalue weighted by Gasteiger charge is 2.36. The summed E-state index contributed by atoms with van der Waals surface area (Å²) in [6.45, 7) is 9.56. The fourth-order valence-electron chi connectivity index (χ4n) is 3.96. The van der Waals surface area contributed by atoms with Gasteiger partial charge in [-0.05, 0) is 111 Å². The van der Waals surface area contributed by atoms with E-state index in [1.54, 1.807) is 11.1 Å². The molecule has 0 heterocycles. The highest BCUT2D eigenvalue weighted by Crippen LogP contribution is 2.49. The van der Waals surface area contributed by atoms with Crippen LogP contribution in [-0.2, 0) is 12.8 Å². The first-order valence-electron chi connectivity index (χ1n) is 9.48. The highest BCUT2D eigenvalue weighted by atomic mass is 14.4. The van der Waals surface area contributed by atoms with Crippen molar-refractivity contribution in [1.82, 2.24) is 0 Å². The minimum Gasteiger partial charge on any atom is -0.0596 e. The maximum atomic E-state index is 2.47. The van der Waals surface area contributed by atoms with Crippen molar-refractivity contribution in [3.63, 3.8) is 0 Å². The Labute approximate surface area is 137 Å². The summed E-state index contributed by atoms with van der Waals surface area (Å²) < 4.78 is 0. The van der Waals surface area contributed by atoms with Gasteiger partial charge in [0.25, 0.3) is 0 Å². The summed E-state index contributed by atoms with van der Waals surface area (Å²) >= 11 is 0. The van der Waals surface area contributed by atoms with Crippen LogP contribution in [-0.4, -0.2) is 0 Å². The second-order valence-electron chi connectivity index (χ2n) is 9.04. The summed E-state index contributed by atoms with van der Waals surface area (Å²) in [5, 5.41) is 0. The Morgan fingerprint density at radius 2 is 1.23 bits per heavy atom. The van der Waals surface area contributed by atoms with Gasteiger partial charge in [0.05, 0.1) is 0 Å². The lowest BCUT2D eigenvalue weighted by atomic mass is 9.91. The molecule has 0 bridgehead atoms. The summed E-state index contributed by atoms with van der Waals surface area (Å²) in [5.41, 5.74) is 7.69. The third kappa shape index (κ3) is 4.15. The first-order chi connectivity index (χ1) is 10.4. The Hall–Kier alpha value is -0.780. The molecule has 2 fully saturated rings. The van der Waals surface area contributed by atoms with Gasteiger partial charge in [-0.1, -0.05) is 26.0 Å². The van der Waals surface area contributed by atoms with Gasteiger partial charge >= 0.3 is 0 Å². The molecule has 0 unspecified atom stereocenters. The number of hydrogen-bond donors (Lipinski definition) is 0. The molecule has 1 aromatic carbocycles. The van der Waals surface area contributed by atoms with Crippen LogP contribution in [0, 0.1) is 24.7 Å². The molecule has 0 heteroatoms. The van der Waals surface area contributed by atoms with Crippen molar-refractivity contribution in [2.45, 2.75) is 91.9 Å². The number of hydrogen-bond acceptors (Lipinski definition) is 0. The molecule has 0 radical (unpaired) electrons. The van der Waals surface area contributed by atoms with Gasteiger partial charge in [0.1, 0.15) is 0 Å². The molecular formula is C22H34. The molecule has 2 aliphatic carbocycles. The van der Waals surface area contributed by atoms with Crippen LogP contribution in [0.25, 0.3) is 0 Å². The minimum atomic E-state index is 0.709. The van der Waals surface area contributed by atoms with Gasteiger partial charge in [0.2, 0.25) is 0 Å². The Kier molecular flexibility index (Phi) is 4.40. The quantitative estimate of drug-likeness (QED) is 0.510. The fraction of sp³-hybridized carbons (Fsp3) is 0.727. The summed E-state index contributed by atoms with van der Waals surface area (Å²) in [5.74, 6) is 0. The molecule has 0 amide bonds. The summed E-state index contributed by atoms with van der Waals surface area (Å²) in [6, 6.07) is 4.94. The molecule has 2 aliphatic rings. The molecule has 2 saturated carbocycles. The van der Waals surface area contributed by atoms with Crippen LogP contribution in [0.1, 0.15) is 87.5 Å². The van der Waals surface area contributed by atoms with E-state index in [9.17, 15) is 0 Å². The fourth-order valence-corrected chi connectivity index (χ4v) is 3.96. The topological polar surface area (TPSA) is 0 Å². The molecular weight excluding hydrogens is 264 g/mol. The standard InChI is InChI=1S/C22H34/c1-17-15-19(7-5-9-21(3)11-12-21)16-18(2)20(17)8-6-10-22(4)13-14-22/h15-16H,5-14H2,1-4H3. The second-order valence-corrected chi connectivity index (χ2v) is 9.04. The van der Waals surface area contributed by atoms with Gasteiger partial charge in [0, 0.05) is 0 Å². The van der Waals surface area contributed by atoms with Crippen molar-refractivity contribution < 1.29 is 0 Å². The van der Waals surface area contributed by atoms with E-state index in [-0.39, 0.29) is 0 Å². The molecule has 0 saturated heterocycles. The van der Waals surface area contributed by atoms with E-state index in [1.165, 1.54) is 75.3 Å². The van der Waals surface area contributed by atoms with E-state index in [1.807, 2.05) is 0 Å². The van der Waals surface area contributed by atoms with Gasteiger partial charge in [-0.15, -0.1) is 0 Å². The maximum Gasteiger partial charge on any atom is -0.0273 e. The van der Waals surface area contributed by atoms with Gasteiger partial charge in [-0.25, -0.2) is 0 Å². The zero-order valence-corrected chi connectivity index (χ0v) is 15.2. The van der Waals surface area contributed by atoms with Crippen molar-refractivity contribution in [2.24, 2.45) is 10.8 Å². The Morgan fingerprint density at radius 3 is 1.68 bits per heavy atom. The largest absolute Gasteiger partial charge is 0.0596 e. The Balaban J connectivity index is 1.53. The zero-order chi connectivity index (χ0) is 15.8. The molecule has 3 rings (SSSR count). The maximum absolute atomic E-state index is 2.47. The van der Waals surface area contributed by atoms with Crippen LogP contribution in [0.4, 0.5) is 0 Å². The van der Waals surface area contributed by atoms with Crippen molar-refractivity contribution in [3.05, 3.63) is 34.4 Å². The predicted octanol–water partition coefficient (Wildman–Crippen LogP) is 6.55. The van der Waals surface area contributed by atoms with E-state index in [0.29, 0.717) is 10.8 Å². The van der Waals surface area contributed by atoms with Crippen molar-refractivity contribution in [1.29, 1.82) is 0 Å². The molecule has 22 heavy (non-hydrogen) atoms. The van der Waals surface area contributed by atoms with E-state index >= 15 is 0 Å². The Morgan fingerprint density at radius 1 is 0.773 bits per heavy atom. The number of rotatable bonds is 8. The van der Waals surface area contributed by atoms with Crippen molar-refractivity contribution in [2.75, 3.05) is 0 Å². The number of benzene rings is 1. The average molecular weight is 299 g/mol. The number of aryl methyl sites for hydroxylation is 3. The summed E-state index contributed by atoms with van der Waals surface area (Å²) in [4.78, 5) is 0. The van der Waals surface area contributed by atoms with E-state index < -0.39 is 0 Å². The first-order valence-corrected chi connectivity index (χ1v) is 9.48. The lowest BCUT2D eigenvalue weighted by molar-refractivity contribution is 0.493. The van der Waals surface area contributed by atoms with Gasteiger partial charge in [-0.2, -0.15) is 0 Å². The van der Waals surface area contributed by atoms with E-state index in [2.05, 4.69) is 39.8 Å². The molecule has 122 valence electrons. The van der Waals surface area contributed by atoms with Crippen LogP contribution >= 0.6 is 0 Å². The molecule has 0 aromatic heterocycles. The van der Waals surface area contributed by atoms with E-state index in [0.717, 1.165) is 0 Å². The van der Waals surface area contributed by atoms with Crippen LogP contribution in [0.15, 0.2) is 12.1 Å². The van der Waals surface area contributed by atoms with Gasteiger partial charge in [-0.3, -0.25) is 0 Å². The Bertz CT molecular complexity index is 506. The summed E-state index contributed by atoms with van der Waals surface area (Å²) in [6.07, 6.45) is 14.0. The monoisotopic (exact) mass is 298 g/mol. The molecule has 0 atom stereocenters. The second kappa shape index (κ2) is 6.02. The molecule has 0 N–H and O–H groups in total. The SMILES string of the molecule is Cc1cc(CCCC2(C)CC2)cc(C)c1CCCC1(C)CC1. The molecule has 0 spiro atoms. The molecule has 1 aromatic rings. The lowest BCUT2D eigenvalue weighted by Crippen LogP contribution is -2.01. The summed E-state index contributed by atoms with van der Waals surface area (Å²) in [7, 11) is 0. The van der Waals surface area contributed by atoms with Gasteiger partial charge in [0.15, 0.2) is 0 Å². The lowest BCUT2D eigenvalue weighted by Gasteiger charge is -2.15. The third-order valence-electron chi connectivity index (χ3n) is 6.42. The van der Waals surface area contributed by atoms with Crippen LogP contribution in [0.2, 0.25) is 0 Å². The highest BCUT2D eigenvalue weighted by molar-refractivity contribution is 5.38.